The maximum Gasteiger partial charge on any atom is 0.313 e. The highest BCUT2D eigenvalue weighted by atomic mass is 16.5. The van der Waals surface area contributed by atoms with Crippen molar-refractivity contribution >= 4 is 5.97 Å². The topological polar surface area (TPSA) is 46.5 Å². The molecular formula is C16H24O3. The third kappa shape index (κ3) is 5.43. The molecular weight excluding hydrogens is 240 g/mol. The molecule has 0 aliphatic carbocycles. The predicted molar refractivity (Wildman–Crippen MR) is 76.1 cm³/mol. The Bertz CT molecular complexity index is 381. The largest absolute Gasteiger partial charge is 0.465 e. The first kappa shape index (κ1) is 15.7. The standard InChI is InChI=1S/C16H24O3/c1-12(2)11-14-5-7-15(8-6-14)13(3)16(18)19-10-4-9-17/h5-8,12-13,17H,4,9-11H2,1-3H3. The Labute approximate surface area is 115 Å². The second kappa shape index (κ2) is 7.95. The molecule has 106 valence electrons. The molecule has 1 aromatic rings. The summed E-state index contributed by atoms with van der Waals surface area (Å²) in [4.78, 5) is 11.8. The Morgan fingerprint density at radius 2 is 1.84 bits per heavy atom. The summed E-state index contributed by atoms with van der Waals surface area (Å²) in [6.07, 6.45) is 1.54. The van der Waals surface area contributed by atoms with E-state index in [2.05, 4.69) is 26.0 Å². The summed E-state index contributed by atoms with van der Waals surface area (Å²) in [7, 11) is 0. The Morgan fingerprint density at radius 1 is 1.21 bits per heavy atom. The van der Waals surface area contributed by atoms with E-state index in [1.54, 1.807) is 0 Å². The number of carbonyl (C=O) groups is 1. The van der Waals surface area contributed by atoms with Crippen molar-refractivity contribution in [1.82, 2.24) is 0 Å². The first-order valence-corrected chi connectivity index (χ1v) is 6.91. The van der Waals surface area contributed by atoms with Crippen molar-refractivity contribution in [3.05, 3.63) is 35.4 Å². The monoisotopic (exact) mass is 264 g/mol. The molecule has 0 saturated heterocycles. The number of esters is 1. The van der Waals surface area contributed by atoms with Gasteiger partial charge in [-0.15, -0.1) is 0 Å². The van der Waals surface area contributed by atoms with Crippen LogP contribution < -0.4 is 0 Å². The van der Waals surface area contributed by atoms with Gasteiger partial charge < -0.3 is 9.84 Å². The van der Waals surface area contributed by atoms with E-state index in [9.17, 15) is 4.79 Å². The highest BCUT2D eigenvalue weighted by molar-refractivity contribution is 5.77. The van der Waals surface area contributed by atoms with Crippen LogP contribution in [0.5, 0.6) is 0 Å². The number of benzene rings is 1. The minimum Gasteiger partial charge on any atom is -0.465 e. The van der Waals surface area contributed by atoms with Crippen molar-refractivity contribution < 1.29 is 14.6 Å². The maximum absolute atomic E-state index is 11.8. The number of rotatable bonds is 7. The summed E-state index contributed by atoms with van der Waals surface area (Å²) in [6.45, 7) is 6.56. The van der Waals surface area contributed by atoms with Gasteiger partial charge in [-0.05, 0) is 30.4 Å². The van der Waals surface area contributed by atoms with Crippen molar-refractivity contribution in [2.24, 2.45) is 5.92 Å². The van der Waals surface area contributed by atoms with Crippen molar-refractivity contribution in [2.75, 3.05) is 13.2 Å². The average Bonchev–Trinajstić information content (AvgIpc) is 2.38. The predicted octanol–water partition coefficient (Wildman–Crippen LogP) is 2.91. The third-order valence-electron chi connectivity index (χ3n) is 3.02. The molecule has 0 radical (unpaired) electrons. The van der Waals surface area contributed by atoms with Gasteiger partial charge in [-0.3, -0.25) is 4.79 Å². The molecule has 1 rings (SSSR count). The van der Waals surface area contributed by atoms with Crippen molar-refractivity contribution in [3.63, 3.8) is 0 Å². The molecule has 0 spiro atoms. The molecule has 19 heavy (non-hydrogen) atoms. The first-order valence-electron chi connectivity index (χ1n) is 6.91. The van der Waals surface area contributed by atoms with E-state index in [-0.39, 0.29) is 25.1 Å². The van der Waals surface area contributed by atoms with Gasteiger partial charge in [0, 0.05) is 13.0 Å². The van der Waals surface area contributed by atoms with Crippen molar-refractivity contribution in [1.29, 1.82) is 0 Å². The first-order chi connectivity index (χ1) is 9.04. The molecule has 3 nitrogen and oxygen atoms in total. The number of carbonyl (C=O) groups excluding carboxylic acids is 1. The van der Waals surface area contributed by atoms with Gasteiger partial charge in [0.15, 0.2) is 0 Å². The molecule has 0 aliphatic heterocycles. The lowest BCUT2D eigenvalue weighted by Gasteiger charge is -2.12. The normalized spacial score (nSPS) is 12.5. The zero-order valence-corrected chi connectivity index (χ0v) is 12.1. The number of aliphatic hydroxyl groups is 1. The summed E-state index contributed by atoms with van der Waals surface area (Å²) in [6, 6.07) is 8.14. The molecule has 3 heteroatoms. The van der Waals surface area contributed by atoms with Gasteiger partial charge in [0.1, 0.15) is 0 Å². The van der Waals surface area contributed by atoms with E-state index < -0.39 is 0 Å². The number of hydrogen-bond donors (Lipinski definition) is 1. The number of hydrogen-bond acceptors (Lipinski definition) is 3. The summed E-state index contributed by atoms with van der Waals surface area (Å²) >= 11 is 0. The molecule has 0 aromatic heterocycles. The lowest BCUT2D eigenvalue weighted by molar-refractivity contribution is -0.145. The number of ether oxygens (including phenoxy) is 1. The minimum atomic E-state index is -0.258. The molecule has 0 heterocycles. The third-order valence-corrected chi connectivity index (χ3v) is 3.02. The number of aliphatic hydroxyl groups excluding tert-OH is 1. The molecule has 0 bridgehead atoms. The summed E-state index contributed by atoms with van der Waals surface area (Å²) < 4.78 is 5.09. The maximum atomic E-state index is 11.8. The molecule has 0 fully saturated rings. The smallest absolute Gasteiger partial charge is 0.313 e. The van der Waals surface area contributed by atoms with Crippen LogP contribution in [-0.2, 0) is 16.0 Å². The molecule has 1 unspecified atom stereocenters. The van der Waals surface area contributed by atoms with Crippen LogP contribution in [0.1, 0.15) is 44.2 Å². The van der Waals surface area contributed by atoms with Crippen LogP contribution in [0.2, 0.25) is 0 Å². The highest BCUT2D eigenvalue weighted by Gasteiger charge is 2.16. The van der Waals surface area contributed by atoms with Crippen molar-refractivity contribution in [3.8, 4) is 0 Å². The lowest BCUT2D eigenvalue weighted by Crippen LogP contribution is -2.14. The van der Waals surface area contributed by atoms with E-state index in [1.165, 1.54) is 5.56 Å². The van der Waals surface area contributed by atoms with E-state index in [0.29, 0.717) is 12.3 Å². The average molecular weight is 264 g/mol. The van der Waals surface area contributed by atoms with E-state index in [0.717, 1.165) is 12.0 Å². The van der Waals surface area contributed by atoms with Crippen molar-refractivity contribution in [2.45, 2.75) is 39.5 Å². The fourth-order valence-corrected chi connectivity index (χ4v) is 1.91. The van der Waals surface area contributed by atoms with Gasteiger partial charge in [0.05, 0.1) is 12.5 Å². The molecule has 0 amide bonds. The van der Waals surface area contributed by atoms with Gasteiger partial charge in [0.2, 0.25) is 0 Å². The van der Waals surface area contributed by atoms with E-state index >= 15 is 0 Å². The quantitative estimate of drug-likeness (QED) is 0.608. The Morgan fingerprint density at radius 3 is 2.37 bits per heavy atom. The second-order valence-corrected chi connectivity index (χ2v) is 5.31. The molecule has 0 saturated carbocycles. The fraction of sp³-hybridized carbons (Fsp3) is 0.562. The van der Waals surface area contributed by atoms with Gasteiger partial charge in [-0.25, -0.2) is 0 Å². The summed E-state index contributed by atoms with van der Waals surface area (Å²) in [5.74, 6) is 0.142. The van der Waals surface area contributed by atoms with Gasteiger partial charge in [-0.2, -0.15) is 0 Å². The SMILES string of the molecule is CC(C)Cc1ccc(C(C)C(=O)OCCCO)cc1. The van der Waals surface area contributed by atoms with Crippen LogP contribution in [0, 0.1) is 5.92 Å². The van der Waals surface area contributed by atoms with Crippen LogP contribution in [0.4, 0.5) is 0 Å². The van der Waals surface area contributed by atoms with Gasteiger partial charge in [-0.1, -0.05) is 38.1 Å². The zero-order valence-electron chi connectivity index (χ0n) is 12.1. The zero-order chi connectivity index (χ0) is 14.3. The Hall–Kier alpha value is -1.35. The minimum absolute atomic E-state index is 0.0472. The van der Waals surface area contributed by atoms with E-state index in [4.69, 9.17) is 9.84 Å². The van der Waals surface area contributed by atoms with Crippen LogP contribution in [0.15, 0.2) is 24.3 Å². The Kier molecular flexibility index (Phi) is 6.57. The highest BCUT2D eigenvalue weighted by Crippen LogP contribution is 2.18. The Balaban J connectivity index is 2.56. The fourth-order valence-electron chi connectivity index (χ4n) is 1.91. The van der Waals surface area contributed by atoms with Crippen LogP contribution in [0.3, 0.4) is 0 Å². The van der Waals surface area contributed by atoms with Crippen LogP contribution in [-0.4, -0.2) is 24.3 Å². The van der Waals surface area contributed by atoms with Crippen LogP contribution >= 0.6 is 0 Å². The lowest BCUT2D eigenvalue weighted by atomic mass is 9.97. The molecule has 0 aliphatic rings. The van der Waals surface area contributed by atoms with Gasteiger partial charge in [0.25, 0.3) is 0 Å². The molecule has 1 N–H and O–H groups in total. The molecule has 1 atom stereocenters. The van der Waals surface area contributed by atoms with Crippen LogP contribution in [0.25, 0.3) is 0 Å². The molecule has 1 aromatic carbocycles. The van der Waals surface area contributed by atoms with E-state index in [1.807, 2.05) is 19.1 Å². The summed E-state index contributed by atoms with van der Waals surface area (Å²) in [5, 5.41) is 8.65. The van der Waals surface area contributed by atoms with Gasteiger partial charge >= 0.3 is 5.97 Å². The summed E-state index contributed by atoms with van der Waals surface area (Å²) in [5.41, 5.74) is 2.26. The second-order valence-electron chi connectivity index (χ2n) is 5.31.